The van der Waals surface area contributed by atoms with Crippen LogP contribution in [0, 0.1) is 5.92 Å². The van der Waals surface area contributed by atoms with E-state index >= 15 is 0 Å². The number of aromatic nitrogens is 2. The molecular weight excluding hydrogens is 200 g/mol. The van der Waals surface area contributed by atoms with Crippen LogP contribution in [-0.4, -0.2) is 21.2 Å². The van der Waals surface area contributed by atoms with Crippen molar-refractivity contribution in [3.63, 3.8) is 0 Å². The van der Waals surface area contributed by atoms with Gasteiger partial charge in [-0.25, -0.2) is 9.97 Å². The number of hydrogen-bond donors (Lipinski definition) is 1. The Labute approximate surface area is 88.2 Å². The first-order valence-corrected chi connectivity index (χ1v) is 5.22. The normalized spacial score (nSPS) is 22.9. The van der Waals surface area contributed by atoms with Gasteiger partial charge in [0.1, 0.15) is 11.5 Å². The molecule has 1 aliphatic rings. The second-order valence-electron chi connectivity index (χ2n) is 3.83. The van der Waals surface area contributed by atoms with Gasteiger partial charge < -0.3 is 5.11 Å². The second-order valence-corrected chi connectivity index (χ2v) is 4.19. The van der Waals surface area contributed by atoms with Crippen molar-refractivity contribution < 1.29 is 5.11 Å². The summed E-state index contributed by atoms with van der Waals surface area (Å²) in [5.41, 5.74) is 2.06. The summed E-state index contributed by atoms with van der Waals surface area (Å²) >= 11 is 5.96. The summed E-state index contributed by atoms with van der Waals surface area (Å²) in [6.07, 6.45) is 3.89. The maximum absolute atomic E-state index is 9.50. The van der Waals surface area contributed by atoms with Crippen LogP contribution in [0.1, 0.15) is 24.6 Å². The van der Waals surface area contributed by atoms with E-state index in [4.69, 9.17) is 11.6 Å². The van der Waals surface area contributed by atoms with Gasteiger partial charge in [-0.2, -0.15) is 0 Å². The first-order chi connectivity index (χ1) is 6.68. The van der Waals surface area contributed by atoms with Gasteiger partial charge in [0.15, 0.2) is 0 Å². The molecule has 3 nitrogen and oxygen atoms in total. The Morgan fingerprint density at radius 2 is 2.36 bits per heavy atom. The van der Waals surface area contributed by atoms with E-state index in [1.807, 2.05) is 6.92 Å². The Balaban J connectivity index is 2.27. The lowest BCUT2D eigenvalue weighted by Crippen LogP contribution is -2.25. The smallest absolute Gasteiger partial charge is 0.135 e. The molecule has 1 aliphatic carbocycles. The van der Waals surface area contributed by atoms with Crippen LogP contribution in [0.2, 0.25) is 5.15 Å². The van der Waals surface area contributed by atoms with Crippen LogP contribution >= 0.6 is 11.6 Å². The summed E-state index contributed by atoms with van der Waals surface area (Å²) < 4.78 is 0. The van der Waals surface area contributed by atoms with Gasteiger partial charge in [-0.3, -0.25) is 0 Å². The third-order valence-electron chi connectivity index (χ3n) is 2.88. The molecular formula is C10H13ClN2O. The van der Waals surface area contributed by atoms with Crippen LogP contribution in [0.5, 0.6) is 0 Å². The molecule has 1 heterocycles. The SMILES string of the molecule is CC(O)C1CCc2c(Cl)ncnc2C1. The van der Waals surface area contributed by atoms with Crippen molar-refractivity contribution in [3.8, 4) is 0 Å². The van der Waals surface area contributed by atoms with Crippen molar-refractivity contribution >= 4 is 11.6 Å². The molecule has 14 heavy (non-hydrogen) atoms. The average Bonchev–Trinajstić information content (AvgIpc) is 2.17. The molecule has 2 rings (SSSR count). The minimum atomic E-state index is -0.267. The molecule has 0 aromatic carbocycles. The zero-order valence-electron chi connectivity index (χ0n) is 8.07. The summed E-state index contributed by atoms with van der Waals surface area (Å²) in [7, 11) is 0. The van der Waals surface area contributed by atoms with Crippen LogP contribution in [0.4, 0.5) is 0 Å². The average molecular weight is 213 g/mol. The number of hydrogen-bond acceptors (Lipinski definition) is 3. The van der Waals surface area contributed by atoms with Gasteiger partial charge >= 0.3 is 0 Å². The van der Waals surface area contributed by atoms with Gasteiger partial charge in [0.2, 0.25) is 0 Å². The Morgan fingerprint density at radius 3 is 3.07 bits per heavy atom. The third kappa shape index (κ3) is 1.74. The molecule has 2 atom stereocenters. The number of nitrogens with zero attached hydrogens (tertiary/aromatic N) is 2. The molecule has 0 amide bonds. The molecule has 0 aliphatic heterocycles. The minimum Gasteiger partial charge on any atom is -0.393 e. The largest absolute Gasteiger partial charge is 0.393 e. The lowest BCUT2D eigenvalue weighted by molar-refractivity contribution is 0.116. The van der Waals surface area contributed by atoms with E-state index in [9.17, 15) is 5.11 Å². The van der Waals surface area contributed by atoms with Gasteiger partial charge in [0.05, 0.1) is 6.10 Å². The molecule has 1 N–H and O–H groups in total. The van der Waals surface area contributed by atoms with Gasteiger partial charge in [-0.15, -0.1) is 0 Å². The number of rotatable bonds is 1. The van der Waals surface area contributed by atoms with E-state index in [-0.39, 0.29) is 6.10 Å². The van der Waals surface area contributed by atoms with E-state index < -0.39 is 0 Å². The molecule has 4 heteroatoms. The highest BCUT2D eigenvalue weighted by Crippen LogP contribution is 2.29. The Hall–Kier alpha value is -0.670. The summed E-state index contributed by atoms with van der Waals surface area (Å²) in [5.74, 6) is 0.313. The first-order valence-electron chi connectivity index (χ1n) is 4.85. The van der Waals surface area contributed by atoms with Crippen LogP contribution in [0.15, 0.2) is 6.33 Å². The quantitative estimate of drug-likeness (QED) is 0.720. The topological polar surface area (TPSA) is 46.0 Å². The molecule has 0 bridgehead atoms. The van der Waals surface area contributed by atoms with Crippen molar-refractivity contribution in [1.29, 1.82) is 0 Å². The molecule has 1 aromatic rings. The molecule has 0 saturated carbocycles. The predicted octanol–water partition coefficient (Wildman–Crippen LogP) is 1.62. The zero-order chi connectivity index (χ0) is 10.1. The summed E-state index contributed by atoms with van der Waals surface area (Å²) in [5, 5.41) is 10.1. The highest BCUT2D eigenvalue weighted by atomic mass is 35.5. The molecule has 76 valence electrons. The van der Waals surface area contributed by atoms with Gasteiger partial charge in [0.25, 0.3) is 0 Å². The van der Waals surface area contributed by atoms with Crippen molar-refractivity contribution in [2.24, 2.45) is 5.92 Å². The standard InChI is InChI=1S/C10H13ClN2O/c1-6(14)7-2-3-8-9(4-7)12-5-13-10(8)11/h5-7,14H,2-4H2,1H3. The van der Waals surface area contributed by atoms with Gasteiger partial charge in [0, 0.05) is 11.3 Å². The fourth-order valence-electron chi connectivity index (χ4n) is 1.94. The van der Waals surface area contributed by atoms with E-state index in [0.717, 1.165) is 30.5 Å². The number of aliphatic hydroxyl groups excluding tert-OH is 1. The molecule has 0 fully saturated rings. The van der Waals surface area contributed by atoms with E-state index in [1.54, 1.807) is 0 Å². The van der Waals surface area contributed by atoms with Crippen LogP contribution in [0.25, 0.3) is 0 Å². The maximum Gasteiger partial charge on any atom is 0.135 e. The molecule has 0 saturated heterocycles. The molecule has 0 radical (unpaired) electrons. The van der Waals surface area contributed by atoms with Crippen molar-refractivity contribution in [2.45, 2.75) is 32.3 Å². The second kappa shape index (κ2) is 3.83. The van der Waals surface area contributed by atoms with Crippen LogP contribution in [-0.2, 0) is 12.8 Å². The highest BCUT2D eigenvalue weighted by Gasteiger charge is 2.24. The van der Waals surface area contributed by atoms with Crippen molar-refractivity contribution in [1.82, 2.24) is 9.97 Å². The predicted molar refractivity (Wildman–Crippen MR) is 54.2 cm³/mol. The fraction of sp³-hybridized carbons (Fsp3) is 0.600. The molecule has 1 aromatic heterocycles. The summed E-state index contributed by atoms with van der Waals surface area (Å²) in [6, 6.07) is 0. The van der Waals surface area contributed by atoms with Gasteiger partial charge in [-0.05, 0) is 32.1 Å². The molecule has 2 unspecified atom stereocenters. The zero-order valence-corrected chi connectivity index (χ0v) is 8.83. The number of halogens is 1. The summed E-state index contributed by atoms with van der Waals surface area (Å²) in [4.78, 5) is 8.16. The summed E-state index contributed by atoms with van der Waals surface area (Å²) in [6.45, 7) is 1.83. The van der Waals surface area contributed by atoms with Crippen molar-refractivity contribution in [3.05, 3.63) is 22.7 Å². The lowest BCUT2D eigenvalue weighted by atomic mass is 9.84. The Kier molecular flexibility index (Phi) is 2.70. The Morgan fingerprint density at radius 1 is 1.57 bits per heavy atom. The van der Waals surface area contributed by atoms with Gasteiger partial charge in [-0.1, -0.05) is 11.6 Å². The first kappa shape index (κ1) is 9.87. The molecule has 0 spiro atoms. The monoisotopic (exact) mass is 212 g/mol. The van der Waals surface area contributed by atoms with E-state index in [1.165, 1.54) is 6.33 Å². The fourth-order valence-corrected chi connectivity index (χ4v) is 2.19. The Bertz CT molecular complexity index is 341. The van der Waals surface area contributed by atoms with E-state index in [0.29, 0.717) is 11.1 Å². The lowest BCUT2D eigenvalue weighted by Gasteiger charge is -2.25. The maximum atomic E-state index is 9.50. The third-order valence-corrected chi connectivity index (χ3v) is 3.21. The number of fused-ring (bicyclic) bond motifs is 1. The minimum absolute atomic E-state index is 0.267. The van der Waals surface area contributed by atoms with Crippen LogP contribution < -0.4 is 0 Å². The van der Waals surface area contributed by atoms with Crippen molar-refractivity contribution in [2.75, 3.05) is 0 Å². The number of aliphatic hydroxyl groups is 1. The van der Waals surface area contributed by atoms with Crippen LogP contribution in [0.3, 0.4) is 0 Å². The van der Waals surface area contributed by atoms with E-state index in [2.05, 4.69) is 9.97 Å². The highest BCUT2D eigenvalue weighted by molar-refractivity contribution is 6.30.